The molecule has 0 radical (unpaired) electrons. The van der Waals surface area contributed by atoms with Crippen LogP contribution in [0.3, 0.4) is 0 Å². The quantitative estimate of drug-likeness (QED) is 0.683. The lowest BCUT2D eigenvalue weighted by molar-refractivity contribution is 1.44. The van der Waals surface area contributed by atoms with Crippen LogP contribution in [0.5, 0.6) is 0 Å². The van der Waals surface area contributed by atoms with Crippen LogP contribution >= 0.6 is 34.1 Å². The van der Waals surface area contributed by atoms with Crippen LogP contribution in [0.4, 0.5) is 0 Å². The van der Waals surface area contributed by atoms with E-state index in [2.05, 4.69) is 18.3 Å². The highest BCUT2D eigenvalue weighted by atomic mass is 31.2. The van der Waals surface area contributed by atoms with Crippen LogP contribution in [0.25, 0.3) is 0 Å². The summed E-state index contributed by atoms with van der Waals surface area (Å²) >= 11 is 0. The van der Waals surface area contributed by atoms with Crippen molar-refractivity contribution >= 4 is 34.1 Å². The van der Waals surface area contributed by atoms with Crippen molar-refractivity contribution in [3.63, 3.8) is 0 Å². The third-order valence-corrected chi connectivity index (χ3v) is 4.04. The Balaban J connectivity index is -0.000000241. The van der Waals surface area contributed by atoms with Crippen molar-refractivity contribution in [1.82, 2.24) is 0 Å². The first-order valence-electron chi connectivity index (χ1n) is 5.87. The van der Waals surface area contributed by atoms with Crippen LogP contribution in [-0.2, 0) is 0 Å². The summed E-state index contributed by atoms with van der Waals surface area (Å²) < 4.78 is 77.2. The minimum atomic E-state index is -4.05. The number of hydrogen-bond donors (Lipinski definition) is 0. The highest BCUT2D eigenvalue weighted by Crippen LogP contribution is 2.56. The van der Waals surface area contributed by atoms with E-state index >= 15 is 0 Å². The predicted molar refractivity (Wildman–Crippen MR) is 82.8 cm³/mol. The summed E-state index contributed by atoms with van der Waals surface area (Å²) in [5.41, 5.74) is 0. The van der Waals surface area contributed by atoms with Gasteiger partial charge in [-0.05, 0) is 0 Å². The van der Waals surface area contributed by atoms with Gasteiger partial charge in [-0.15, -0.1) is 0 Å². The minimum absolute atomic E-state index is 0. The Kier molecular flexibility index (Phi) is 8.57. The predicted octanol–water partition coefficient (Wildman–Crippen LogP) is 4.48. The van der Waals surface area contributed by atoms with E-state index in [-0.39, 0.29) is 29.7 Å². The van der Waals surface area contributed by atoms with E-state index in [4.69, 9.17) is 11.5 Å². The lowest BCUT2D eigenvalue weighted by Crippen LogP contribution is -1.57. The molecule has 0 saturated heterocycles. The average molecular weight is 277 g/mol. The summed E-state index contributed by atoms with van der Waals surface area (Å²) in [5, 5.41) is 0. The molecule has 13 heavy (non-hydrogen) atoms. The Morgan fingerprint density at radius 1 is 0.923 bits per heavy atom. The van der Waals surface area contributed by atoms with Crippen molar-refractivity contribution in [3.8, 4) is 0 Å². The van der Waals surface area contributed by atoms with Gasteiger partial charge in [0.15, 0.2) is 0 Å². The van der Waals surface area contributed by atoms with Gasteiger partial charge >= 0.3 is 0 Å². The molecule has 0 aromatic heterocycles. The lowest BCUT2D eigenvalue weighted by Gasteiger charge is -2.03. The van der Waals surface area contributed by atoms with Crippen molar-refractivity contribution in [2.45, 2.75) is 29.7 Å². The highest BCUT2D eigenvalue weighted by molar-refractivity contribution is 7.68. The van der Waals surface area contributed by atoms with Gasteiger partial charge in [0.25, 0.3) is 7.51 Å². The Bertz CT molecular complexity index is 432. The third-order valence-electron chi connectivity index (χ3n) is 0.628. The molecule has 0 aliphatic carbocycles. The molecule has 0 spiro atoms. The molecular weight excluding hydrogens is 240 g/mol. The maximum absolute atomic E-state index is 7.09. The summed E-state index contributed by atoms with van der Waals surface area (Å²) in [6.07, 6.45) is 0. The van der Waals surface area contributed by atoms with Gasteiger partial charge in [-0.3, -0.25) is 0 Å². The molecule has 0 aliphatic heterocycles. The molecule has 0 unspecified atom stereocenters. The Labute approximate surface area is 102 Å². The van der Waals surface area contributed by atoms with Gasteiger partial charge in [0.1, 0.15) is 0 Å². The van der Waals surface area contributed by atoms with Crippen LogP contribution in [-0.4, -0.2) is 18.6 Å². The molecule has 88 valence electrons. The van der Waals surface area contributed by atoms with Gasteiger partial charge in [0, 0.05) is 7.05 Å². The first kappa shape index (κ1) is 7.24. The summed E-state index contributed by atoms with van der Waals surface area (Å²) in [7, 11) is -14.9. The van der Waals surface area contributed by atoms with Gasteiger partial charge in [-0.25, -0.2) is 18.3 Å². The fourth-order valence-electron chi connectivity index (χ4n) is 0.174. The molecule has 8 heteroatoms. The Hall–Kier alpha value is 0.920. The van der Waals surface area contributed by atoms with E-state index in [0.29, 0.717) is 0 Å². The molecule has 0 saturated carbocycles. The normalized spacial score (nSPS) is 20.2. The first-order valence-corrected chi connectivity index (χ1v) is 4.65. The van der Waals surface area contributed by atoms with Crippen molar-refractivity contribution in [2.24, 2.45) is 18.3 Å². The van der Waals surface area contributed by atoms with Crippen LogP contribution < -0.4 is 0 Å². The van der Waals surface area contributed by atoms with Crippen molar-refractivity contribution in [2.75, 3.05) is 7.05 Å². The zero-order valence-electron chi connectivity index (χ0n) is 13.6. The largest absolute Gasteiger partial charge is 0.293 e. The average Bonchev–Trinajstić information content (AvgIpc) is 1.93. The van der Waals surface area contributed by atoms with Gasteiger partial charge in [-0.1, -0.05) is 56.3 Å². The molecule has 0 fully saturated rings. The SMILES string of the molecule is C.C.C.C.[2H]P([2H])([2H])=NP(N=P([2H])([2H])[2H])(N=P([2H])([2H])[2H])=NC. The third kappa shape index (κ3) is 9.23. The van der Waals surface area contributed by atoms with Gasteiger partial charge in [0.2, 0.25) is 0 Å². The summed E-state index contributed by atoms with van der Waals surface area (Å²) in [5.74, 6) is 0. The Morgan fingerprint density at radius 2 is 1.23 bits per heavy atom. The first-order chi connectivity index (χ1) is 7.68. The van der Waals surface area contributed by atoms with Gasteiger partial charge in [-0.2, -0.15) is 0 Å². The van der Waals surface area contributed by atoms with E-state index < -0.39 is 34.1 Å². The zero-order chi connectivity index (χ0) is 14.8. The standard InChI is InChI=1S/CH12N4P4.4CH4/c1-2-9(3-6,4-7)5-8;;;;/h1,6-8H3;4*1H4/i6D3,7D3,8D3;;;;. The highest BCUT2D eigenvalue weighted by Gasteiger charge is 2.05. The number of rotatable bonds is 3. The molecule has 0 bridgehead atoms. The van der Waals surface area contributed by atoms with E-state index in [1.807, 2.05) is 0 Å². The monoisotopic (exact) mass is 277 g/mol. The summed E-state index contributed by atoms with van der Waals surface area (Å²) in [4.78, 5) is 0. The van der Waals surface area contributed by atoms with E-state index in [9.17, 15) is 0 Å². The van der Waals surface area contributed by atoms with Gasteiger partial charge < -0.3 is 0 Å². The summed E-state index contributed by atoms with van der Waals surface area (Å²) in [6.45, 7) is 0. The van der Waals surface area contributed by atoms with Gasteiger partial charge in [0.05, 0.1) is 11.5 Å². The second kappa shape index (κ2) is 15.4. The maximum Gasteiger partial charge on any atom is 0.293 e. The van der Waals surface area contributed by atoms with E-state index in [1.165, 1.54) is 0 Å². The molecule has 0 heterocycles. The van der Waals surface area contributed by atoms with Crippen molar-refractivity contribution in [1.29, 1.82) is 11.5 Å². The molecular formula is C5H28N4P4. The van der Waals surface area contributed by atoms with Crippen molar-refractivity contribution in [3.05, 3.63) is 0 Å². The Morgan fingerprint density at radius 3 is 1.38 bits per heavy atom. The van der Waals surface area contributed by atoms with E-state index in [1.54, 1.807) is 0 Å². The van der Waals surface area contributed by atoms with Crippen LogP contribution in [0.2, 0.25) is 0 Å². The molecule has 0 N–H and O–H groups in total. The minimum Gasteiger partial charge on any atom is -0.246 e. The fraction of sp³-hybridized carbons (Fsp3) is 1.00. The smallest absolute Gasteiger partial charge is 0.246 e. The second-order valence-corrected chi connectivity index (χ2v) is 4.62. The number of nitrogens with zero attached hydrogens (tertiary/aromatic N) is 4. The molecule has 0 aliphatic rings. The zero-order valence-corrected chi connectivity index (χ0v) is 8.16. The summed E-state index contributed by atoms with van der Waals surface area (Å²) in [6, 6.07) is 0. The van der Waals surface area contributed by atoms with Crippen molar-refractivity contribution < 1.29 is 0 Å². The lowest BCUT2D eigenvalue weighted by atomic mass is 11.6. The topological polar surface area (TPSA) is 49.4 Å². The molecule has 0 rings (SSSR count). The van der Waals surface area contributed by atoms with E-state index in [0.717, 1.165) is 7.05 Å². The molecule has 4 nitrogen and oxygen atoms in total. The second-order valence-electron chi connectivity index (χ2n) is 1.00. The molecule has 0 aromatic rings. The fourth-order valence-corrected chi connectivity index (χ4v) is 2.53. The van der Waals surface area contributed by atoms with Crippen LogP contribution in [0.1, 0.15) is 29.7 Å². The molecule has 0 atom stereocenters. The maximum atomic E-state index is 7.09. The molecule has 0 amide bonds. The van der Waals surface area contributed by atoms with Crippen LogP contribution in [0, 0.1) is 0 Å². The number of hydrogen-bond acceptors (Lipinski definition) is 1. The molecule has 0 aromatic carbocycles. The van der Waals surface area contributed by atoms with Crippen LogP contribution in [0.15, 0.2) is 18.3 Å².